The van der Waals surface area contributed by atoms with Gasteiger partial charge in [0.15, 0.2) is 0 Å². The van der Waals surface area contributed by atoms with Gasteiger partial charge in [-0.1, -0.05) is 0 Å². The van der Waals surface area contributed by atoms with Crippen LogP contribution in [0.15, 0.2) is 28.9 Å². The van der Waals surface area contributed by atoms with Gasteiger partial charge in [0.25, 0.3) is 5.91 Å². The molecule has 1 atom stereocenters. The molecule has 3 fully saturated rings. The molecule has 1 amide bonds. The summed E-state index contributed by atoms with van der Waals surface area (Å²) >= 11 is 0. The summed E-state index contributed by atoms with van der Waals surface area (Å²) in [6, 6.07) is 7.57. The zero-order valence-corrected chi connectivity index (χ0v) is 12.9. The molecule has 3 aliphatic rings. The zero-order chi connectivity index (χ0) is 15.8. The maximum Gasteiger partial charge on any atom is 0.251 e. The largest absolute Gasteiger partial charge is 0.463 e. The van der Waals surface area contributed by atoms with Gasteiger partial charge in [-0.15, -0.1) is 0 Å². The van der Waals surface area contributed by atoms with Crippen molar-refractivity contribution in [2.24, 2.45) is 5.92 Å². The van der Waals surface area contributed by atoms with Crippen LogP contribution in [0.1, 0.15) is 35.2 Å². The van der Waals surface area contributed by atoms with Crippen LogP contribution in [-0.2, 0) is 0 Å². The van der Waals surface area contributed by atoms with Crippen molar-refractivity contribution in [2.45, 2.75) is 25.3 Å². The van der Waals surface area contributed by atoms with Gasteiger partial charge >= 0.3 is 0 Å². The Bertz CT molecular complexity index is 767. The van der Waals surface area contributed by atoms with E-state index in [-0.39, 0.29) is 11.9 Å². The molecule has 1 N–H and O–H groups in total. The van der Waals surface area contributed by atoms with Crippen molar-refractivity contribution in [3.63, 3.8) is 0 Å². The summed E-state index contributed by atoms with van der Waals surface area (Å²) in [6.45, 7) is 3.26. The SMILES string of the molecule is N#Cc1coc2ccc(C(=O)N[C@@H]3CC4CCN(CC4)C3)cc12. The van der Waals surface area contributed by atoms with Crippen LogP contribution >= 0.6 is 0 Å². The summed E-state index contributed by atoms with van der Waals surface area (Å²) < 4.78 is 5.32. The molecule has 2 aromatic rings. The van der Waals surface area contributed by atoms with Crippen LogP contribution < -0.4 is 5.32 Å². The number of hydrogen-bond donors (Lipinski definition) is 1. The first kappa shape index (κ1) is 14.3. The van der Waals surface area contributed by atoms with Crippen molar-refractivity contribution in [3.05, 3.63) is 35.6 Å². The minimum absolute atomic E-state index is 0.0653. The molecule has 5 rings (SSSR count). The Morgan fingerprint density at radius 3 is 2.96 bits per heavy atom. The van der Waals surface area contributed by atoms with Crippen molar-refractivity contribution < 1.29 is 9.21 Å². The second-order valence-electron chi connectivity index (χ2n) is 6.62. The second kappa shape index (κ2) is 5.71. The number of hydrogen-bond acceptors (Lipinski definition) is 4. The van der Waals surface area contributed by atoms with E-state index in [1.165, 1.54) is 19.1 Å². The second-order valence-corrected chi connectivity index (χ2v) is 6.62. The summed E-state index contributed by atoms with van der Waals surface area (Å²) in [6.07, 6.45) is 5.00. The quantitative estimate of drug-likeness (QED) is 0.925. The molecule has 0 saturated carbocycles. The molecule has 0 radical (unpaired) electrons. The molecule has 5 heteroatoms. The van der Waals surface area contributed by atoms with Crippen molar-refractivity contribution in [1.29, 1.82) is 5.26 Å². The fraction of sp³-hybridized carbons (Fsp3) is 0.444. The van der Waals surface area contributed by atoms with Gasteiger partial charge in [0, 0.05) is 23.5 Å². The van der Waals surface area contributed by atoms with Crippen LogP contribution in [0.3, 0.4) is 0 Å². The molecule has 4 heterocycles. The molecule has 5 nitrogen and oxygen atoms in total. The fourth-order valence-corrected chi connectivity index (χ4v) is 3.82. The third-order valence-electron chi connectivity index (χ3n) is 5.09. The number of carbonyl (C=O) groups is 1. The summed E-state index contributed by atoms with van der Waals surface area (Å²) in [7, 11) is 0. The minimum Gasteiger partial charge on any atom is -0.463 e. The van der Waals surface area contributed by atoms with Crippen molar-refractivity contribution in [1.82, 2.24) is 10.2 Å². The van der Waals surface area contributed by atoms with E-state index < -0.39 is 0 Å². The van der Waals surface area contributed by atoms with E-state index in [9.17, 15) is 4.79 Å². The topological polar surface area (TPSA) is 69.3 Å². The Morgan fingerprint density at radius 1 is 1.35 bits per heavy atom. The van der Waals surface area contributed by atoms with Crippen molar-refractivity contribution >= 4 is 16.9 Å². The first-order valence-corrected chi connectivity index (χ1v) is 8.17. The molecule has 0 aliphatic carbocycles. The molecule has 2 bridgehead atoms. The number of furan rings is 1. The number of rotatable bonds is 2. The van der Waals surface area contributed by atoms with Crippen LogP contribution in [0.4, 0.5) is 0 Å². The number of fused-ring (bicyclic) bond motifs is 5. The van der Waals surface area contributed by atoms with Gasteiger partial charge in [0.05, 0.1) is 5.56 Å². The van der Waals surface area contributed by atoms with E-state index in [0.717, 1.165) is 32.0 Å². The number of benzene rings is 1. The first-order chi connectivity index (χ1) is 11.2. The van der Waals surface area contributed by atoms with E-state index in [1.807, 2.05) is 0 Å². The number of nitrogens with zero attached hydrogens (tertiary/aromatic N) is 2. The Kier molecular flexibility index (Phi) is 3.55. The van der Waals surface area contributed by atoms with Crippen LogP contribution in [-0.4, -0.2) is 36.5 Å². The van der Waals surface area contributed by atoms with E-state index in [4.69, 9.17) is 9.68 Å². The van der Waals surface area contributed by atoms with Gasteiger partial charge in [-0.3, -0.25) is 4.79 Å². The maximum absolute atomic E-state index is 12.6. The van der Waals surface area contributed by atoms with E-state index >= 15 is 0 Å². The third kappa shape index (κ3) is 2.71. The molecule has 0 unspecified atom stereocenters. The highest BCUT2D eigenvalue weighted by Gasteiger charge is 2.30. The molecule has 3 saturated heterocycles. The number of nitrogens with one attached hydrogen (secondary N) is 1. The molecular weight excluding hydrogens is 290 g/mol. The summed E-state index contributed by atoms with van der Waals surface area (Å²) in [5.74, 6) is 0.671. The molecule has 23 heavy (non-hydrogen) atoms. The lowest BCUT2D eigenvalue weighted by atomic mass is 9.94. The summed E-state index contributed by atoms with van der Waals surface area (Å²) in [4.78, 5) is 15.0. The molecule has 0 spiro atoms. The summed E-state index contributed by atoms with van der Waals surface area (Å²) in [5.41, 5.74) is 1.69. The number of piperidine rings is 1. The summed E-state index contributed by atoms with van der Waals surface area (Å²) in [5, 5.41) is 13.0. The zero-order valence-electron chi connectivity index (χ0n) is 12.9. The van der Waals surface area contributed by atoms with Crippen LogP contribution in [0.25, 0.3) is 11.0 Å². The first-order valence-electron chi connectivity index (χ1n) is 8.17. The Hall–Kier alpha value is -2.32. The van der Waals surface area contributed by atoms with Gasteiger partial charge in [-0.2, -0.15) is 5.26 Å². The van der Waals surface area contributed by atoms with Gasteiger partial charge in [-0.05, 0) is 56.5 Å². The Morgan fingerprint density at radius 2 is 2.17 bits per heavy atom. The lowest BCUT2D eigenvalue weighted by molar-refractivity contribution is 0.0929. The van der Waals surface area contributed by atoms with Crippen LogP contribution in [0.5, 0.6) is 0 Å². The lowest BCUT2D eigenvalue weighted by Crippen LogP contribution is -2.41. The number of nitriles is 1. The van der Waals surface area contributed by atoms with E-state index in [0.29, 0.717) is 22.1 Å². The maximum atomic E-state index is 12.6. The fourth-order valence-electron chi connectivity index (χ4n) is 3.82. The number of carbonyl (C=O) groups excluding carboxylic acids is 1. The smallest absolute Gasteiger partial charge is 0.251 e. The molecule has 3 aliphatic heterocycles. The highest BCUT2D eigenvalue weighted by Crippen LogP contribution is 2.27. The molecular formula is C18H19N3O2. The Labute approximate surface area is 134 Å². The Balaban J connectivity index is 1.54. The van der Waals surface area contributed by atoms with Crippen LogP contribution in [0, 0.1) is 17.2 Å². The minimum atomic E-state index is -0.0653. The van der Waals surface area contributed by atoms with E-state index in [2.05, 4.69) is 16.3 Å². The number of amides is 1. The van der Waals surface area contributed by atoms with Gasteiger partial charge < -0.3 is 14.6 Å². The predicted octanol–water partition coefficient (Wildman–Crippen LogP) is 2.52. The van der Waals surface area contributed by atoms with Crippen LogP contribution in [0.2, 0.25) is 0 Å². The highest BCUT2D eigenvalue weighted by molar-refractivity contribution is 5.99. The lowest BCUT2D eigenvalue weighted by Gasteiger charge is -2.26. The molecule has 1 aromatic heterocycles. The van der Waals surface area contributed by atoms with E-state index in [1.54, 1.807) is 18.2 Å². The predicted molar refractivity (Wildman–Crippen MR) is 86.0 cm³/mol. The van der Waals surface area contributed by atoms with Gasteiger partial charge in [0.1, 0.15) is 17.9 Å². The van der Waals surface area contributed by atoms with Crippen molar-refractivity contribution in [3.8, 4) is 6.07 Å². The van der Waals surface area contributed by atoms with Crippen molar-refractivity contribution in [2.75, 3.05) is 19.6 Å². The average molecular weight is 309 g/mol. The monoisotopic (exact) mass is 309 g/mol. The average Bonchev–Trinajstić information content (AvgIpc) is 2.76. The van der Waals surface area contributed by atoms with Gasteiger partial charge in [-0.25, -0.2) is 0 Å². The third-order valence-corrected chi connectivity index (χ3v) is 5.09. The molecule has 118 valence electrons. The van der Waals surface area contributed by atoms with Gasteiger partial charge in [0.2, 0.25) is 0 Å². The standard InChI is InChI=1S/C18H19N3O2/c19-9-14-11-23-17-2-1-13(8-16(14)17)18(22)20-15-7-12-3-5-21(10-15)6-4-12/h1-2,8,11-12,15H,3-7,10H2,(H,20,22)/t15-/m1/s1. The normalized spacial score (nSPS) is 26.7. The highest BCUT2D eigenvalue weighted by atomic mass is 16.3. The molecule has 1 aromatic carbocycles.